The summed E-state index contributed by atoms with van der Waals surface area (Å²) in [6, 6.07) is 17.9. The SMILES string of the molecule is C=CCNC(=O)c1cnc(Nc2ccc(N3CCC(CN4CCN(c5ccc6c(c5)CN(C5CCC(=O)NC5=O)C6=O)CC4)CC3)cc2)nc1Nc1ccc2c(n1)C(CC)CC2. The number of imide groups is 1. The first-order valence-corrected chi connectivity index (χ1v) is 22.1. The van der Waals surface area contributed by atoms with E-state index in [9.17, 15) is 19.2 Å². The summed E-state index contributed by atoms with van der Waals surface area (Å²) in [5.74, 6) is 1.40. The van der Waals surface area contributed by atoms with E-state index in [1.165, 1.54) is 17.4 Å². The standard InChI is InChI=1S/C47H55N11O4/c1-3-19-48-44(60)38-27-49-47(54-43(38)52-40-15-7-32-6-5-31(4-2)42(32)51-40)50-34-8-10-35(11-9-34)56-20-17-30(18-21-56)28-55-22-24-57(25-23-55)36-12-13-37-33(26-36)29-58(46(37)62)39-14-16-41(59)53-45(39)61/h3,7-13,15,26-27,30-31,39H,1,4-6,14,16-25,28-29H2,2H3,(H,48,60)(H,53,59,61)(H2,49,50,51,52,54). The molecule has 9 rings (SSSR count). The zero-order valence-corrected chi connectivity index (χ0v) is 35.4. The minimum atomic E-state index is -0.601. The predicted molar refractivity (Wildman–Crippen MR) is 239 cm³/mol. The summed E-state index contributed by atoms with van der Waals surface area (Å²) in [5, 5.41) is 11.9. The Kier molecular flexibility index (Phi) is 11.9. The Labute approximate surface area is 362 Å². The zero-order chi connectivity index (χ0) is 42.7. The quantitative estimate of drug-likeness (QED) is 0.0986. The van der Waals surface area contributed by atoms with Gasteiger partial charge in [0.1, 0.15) is 23.2 Å². The van der Waals surface area contributed by atoms with E-state index in [1.54, 1.807) is 11.0 Å². The minimum Gasteiger partial charge on any atom is -0.372 e. The molecule has 2 aromatic heterocycles. The maximum Gasteiger partial charge on any atom is 0.256 e. The van der Waals surface area contributed by atoms with E-state index in [0.717, 1.165) is 101 Å². The van der Waals surface area contributed by atoms with Crippen molar-refractivity contribution >= 4 is 58.3 Å². The Morgan fingerprint density at radius 1 is 0.855 bits per heavy atom. The molecule has 4 aliphatic heterocycles. The molecule has 0 bridgehead atoms. The van der Waals surface area contributed by atoms with E-state index in [0.29, 0.717) is 60.1 Å². The van der Waals surface area contributed by atoms with Crippen molar-refractivity contribution in [2.24, 2.45) is 5.92 Å². The molecule has 2 atom stereocenters. The number of hydrogen-bond acceptors (Lipinski definition) is 12. The van der Waals surface area contributed by atoms with Crippen molar-refractivity contribution in [3.05, 3.63) is 101 Å². The van der Waals surface area contributed by atoms with Crippen molar-refractivity contribution in [2.45, 2.75) is 70.4 Å². The van der Waals surface area contributed by atoms with Crippen LogP contribution in [0.1, 0.15) is 88.9 Å². The second-order valence-corrected chi connectivity index (χ2v) is 17.1. The van der Waals surface area contributed by atoms with Crippen molar-refractivity contribution in [3.8, 4) is 0 Å². The smallest absolute Gasteiger partial charge is 0.256 e. The van der Waals surface area contributed by atoms with Crippen LogP contribution in [0.2, 0.25) is 0 Å². The van der Waals surface area contributed by atoms with Gasteiger partial charge in [-0.1, -0.05) is 19.1 Å². The minimum absolute atomic E-state index is 0.136. The third kappa shape index (κ3) is 8.71. The molecule has 3 fully saturated rings. The summed E-state index contributed by atoms with van der Waals surface area (Å²) in [5.41, 5.74) is 7.47. The maximum absolute atomic E-state index is 13.2. The molecule has 15 nitrogen and oxygen atoms in total. The van der Waals surface area contributed by atoms with Crippen molar-refractivity contribution in [1.82, 2.24) is 35.4 Å². The average Bonchev–Trinajstić information content (AvgIpc) is 3.85. The van der Waals surface area contributed by atoms with Gasteiger partial charge in [0.15, 0.2) is 0 Å². The van der Waals surface area contributed by atoms with Crippen LogP contribution in [0.15, 0.2) is 73.4 Å². The number of pyridine rings is 1. The Morgan fingerprint density at radius 3 is 2.39 bits per heavy atom. The number of anilines is 6. The van der Waals surface area contributed by atoms with Gasteiger partial charge in [-0.05, 0) is 104 Å². The summed E-state index contributed by atoms with van der Waals surface area (Å²) in [6.45, 7) is 13.6. The molecule has 15 heteroatoms. The molecule has 4 N–H and O–H groups in total. The molecule has 5 aliphatic rings. The highest BCUT2D eigenvalue weighted by atomic mass is 16.2. The van der Waals surface area contributed by atoms with Gasteiger partial charge in [-0.25, -0.2) is 9.97 Å². The Bertz CT molecular complexity index is 2350. The third-order valence-electron chi connectivity index (χ3n) is 13.2. The number of fused-ring (bicyclic) bond motifs is 2. The summed E-state index contributed by atoms with van der Waals surface area (Å²) in [7, 11) is 0. The third-order valence-corrected chi connectivity index (χ3v) is 13.2. The van der Waals surface area contributed by atoms with Crippen molar-refractivity contribution < 1.29 is 19.2 Å². The molecule has 4 aromatic rings. The first-order valence-electron chi connectivity index (χ1n) is 22.1. The van der Waals surface area contributed by atoms with Crippen LogP contribution in [0.5, 0.6) is 0 Å². The van der Waals surface area contributed by atoms with Crippen LogP contribution in [-0.2, 0) is 22.6 Å². The number of piperidine rings is 2. The topological polar surface area (TPSA) is 168 Å². The number of carbonyl (C=O) groups excluding carboxylic acids is 4. The number of piperazine rings is 1. The highest BCUT2D eigenvalue weighted by molar-refractivity contribution is 6.05. The van der Waals surface area contributed by atoms with Crippen molar-refractivity contribution in [1.29, 1.82) is 0 Å². The molecular weight excluding hydrogens is 783 g/mol. The van der Waals surface area contributed by atoms with Gasteiger partial charge in [-0.3, -0.25) is 29.4 Å². The van der Waals surface area contributed by atoms with Gasteiger partial charge in [0, 0.05) is 106 Å². The van der Waals surface area contributed by atoms with Gasteiger partial charge in [0.2, 0.25) is 17.8 Å². The molecule has 2 aromatic carbocycles. The first kappa shape index (κ1) is 41.0. The van der Waals surface area contributed by atoms with Crippen molar-refractivity contribution in [2.75, 3.05) is 72.8 Å². The fraction of sp³-hybridized carbons (Fsp3) is 0.426. The van der Waals surface area contributed by atoms with Gasteiger partial charge >= 0.3 is 0 Å². The van der Waals surface area contributed by atoms with Crippen LogP contribution < -0.4 is 31.1 Å². The lowest BCUT2D eigenvalue weighted by Gasteiger charge is -2.40. The van der Waals surface area contributed by atoms with Crippen LogP contribution in [0.4, 0.5) is 34.6 Å². The lowest BCUT2D eigenvalue weighted by molar-refractivity contribution is -0.136. The number of hydrogen-bond donors (Lipinski definition) is 4. The van der Waals surface area contributed by atoms with Crippen LogP contribution in [0, 0.1) is 5.92 Å². The van der Waals surface area contributed by atoms with Crippen LogP contribution >= 0.6 is 0 Å². The second kappa shape index (κ2) is 17.9. The molecule has 0 spiro atoms. The Morgan fingerprint density at radius 2 is 1.63 bits per heavy atom. The molecule has 4 amide bonds. The lowest BCUT2D eigenvalue weighted by Crippen LogP contribution is -2.52. The van der Waals surface area contributed by atoms with E-state index >= 15 is 0 Å². The van der Waals surface area contributed by atoms with Gasteiger partial charge < -0.3 is 30.7 Å². The summed E-state index contributed by atoms with van der Waals surface area (Å²) in [6.07, 6.45) is 9.26. The first-order chi connectivity index (χ1) is 30.2. The van der Waals surface area contributed by atoms with Gasteiger partial charge in [-0.2, -0.15) is 4.98 Å². The van der Waals surface area contributed by atoms with Crippen LogP contribution in [-0.4, -0.2) is 107 Å². The molecular formula is C47H55N11O4. The average molecular weight is 838 g/mol. The summed E-state index contributed by atoms with van der Waals surface area (Å²) in [4.78, 5) is 73.6. The van der Waals surface area contributed by atoms with Crippen LogP contribution in [0.3, 0.4) is 0 Å². The largest absolute Gasteiger partial charge is 0.372 e. The van der Waals surface area contributed by atoms with E-state index in [4.69, 9.17) is 9.97 Å². The van der Waals surface area contributed by atoms with Gasteiger partial charge in [0.25, 0.3) is 11.8 Å². The molecule has 1 aliphatic carbocycles. The number of carbonyl (C=O) groups is 4. The van der Waals surface area contributed by atoms with Crippen LogP contribution in [0.25, 0.3) is 0 Å². The summed E-state index contributed by atoms with van der Waals surface area (Å²) >= 11 is 0. The molecule has 3 saturated heterocycles. The number of nitrogens with one attached hydrogen (secondary N) is 4. The fourth-order valence-electron chi connectivity index (χ4n) is 9.66. The fourth-order valence-corrected chi connectivity index (χ4v) is 9.66. The summed E-state index contributed by atoms with van der Waals surface area (Å²) < 4.78 is 0. The number of aromatic nitrogens is 3. The lowest BCUT2D eigenvalue weighted by atomic mass is 9.95. The number of benzene rings is 2. The number of nitrogens with zero attached hydrogens (tertiary/aromatic N) is 7. The Hall–Kier alpha value is -6.35. The molecule has 62 heavy (non-hydrogen) atoms. The maximum atomic E-state index is 13.2. The van der Waals surface area contributed by atoms with E-state index in [-0.39, 0.29) is 30.0 Å². The Balaban J connectivity index is 0.757. The molecule has 0 saturated carbocycles. The predicted octanol–water partition coefficient (Wildman–Crippen LogP) is 5.51. The number of rotatable bonds is 13. The van der Waals surface area contributed by atoms with Crippen molar-refractivity contribution in [3.63, 3.8) is 0 Å². The van der Waals surface area contributed by atoms with Gasteiger partial charge in [0.05, 0.1) is 0 Å². The highest BCUT2D eigenvalue weighted by Crippen LogP contribution is 2.36. The normalized spacial score (nSPS) is 20.5. The highest BCUT2D eigenvalue weighted by Gasteiger charge is 2.39. The molecule has 322 valence electrons. The van der Waals surface area contributed by atoms with E-state index in [2.05, 4.69) is 78.7 Å². The zero-order valence-electron chi connectivity index (χ0n) is 35.4. The monoisotopic (exact) mass is 837 g/mol. The van der Waals surface area contributed by atoms with Gasteiger partial charge in [-0.15, -0.1) is 6.58 Å². The second-order valence-electron chi connectivity index (χ2n) is 17.1. The molecule has 0 radical (unpaired) electrons. The molecule has 6 heterocycles. The molecule has 2 unspecified atom stereocenters. The van der Waals surface area contributed by atoms with E-state index in [1.807, 2.05) is 30.3 Å². The number of aryl methyl sites for hydroxylation is 1. The number of amides is 4. The van der Waals surface area contributed by atoms with E-state index < -0.39 is 6.04 Å².